The fraction of sp³-hybridized carbons (Fsp3) is 0.125. The van der Waals surface area contributed by atoms with E-state index >= 15 is 0 Å². The number of halogens is 1. The van der Waals surface area contributed by atoms with Crippen LogP contribution in [0.15, 0.2) is 48.7 Å². The van der Waals surface area contributed by atoms with E-state index in [4.69, 9.17) is 0 Å². The van der Waals surface area contributed by atoms with Crippen molar-refractivity contribution in [3.05, 3.63) is 66.1 Å². The number of hydrogen-bond donors (Lipinski definition) is 0. The molecule has 0 radical (unpaired) electrons. The maximum atomic E-state index is 4.61. The molecule has 2 heterocycles. The van der Waals surface area contributed by atoms with Gasteiger partial charge in [0.1, 0.15) is 0 Å². The van der Waals surface area contributed by atoms with Gasteiger partial charge in [-0.25, -0.2) is 0 Å². The summed E-state index contributed by atoms with van der Waals surface area (Å²) in [6, 6.07) is 17.3. The molecule has 0 bridgehead atoms. The zero-order chi connectivity index (χ0) is 15.2. The molecular formula is C16H14ClN3Pt. The number of pyridine rings is 1. The van der Waals surface area contributed by atoms with E-state index in [1.165, 1.54) is 0 Å². The standard InChI is InChI=1S/C16H14N3.ClH.Pt/c1-12-10-13(2)19(18-12)15-7-5-6-14(11-15)16-8-3-4-9-17-16;;/h3-10H,1-2H3;1H;/q-1;;+2/p-1. The maximum absolute atomic E-state index is 4.61. The van der Waals surface area contributed by atoms with Crippen LogP contribution in [0.4, 0.5) is 0 Å². The second-order valence-corrected chi connectivity index (χ2v) is 4.50. The summed E-state index contributed by atoms with van der Waals surface area (Å²) in [7, 11) is 4.61. The van der Waals surface area contributed by atoms with Crippen molar-refractivity contribution in [1.82, 2.24) is 14.8 Å². The molecule has 3 aromatic rings. The first-order valence-electron chi connectivity index (χ1n) is 6.33. The number of hydrogen-bond acceptors (Lipinski definition) is 2. The molecule has 3 rings (SSSR count). The van der Waals surface area contributed by atoms with E-state index in [2.05, 4.69) is 31.6 Å². The van der Waals surface area contributed by atoms with Gasteiger partial charge in [0.25, 0.3) is 0 Å². The molecule has 110 valence electrons. The van der Waals surface area contributed by atoms with Crippen LogP contribution in [-0.4, -0.2) is 14.8 Å². The predicted molar refractivity (Wildman–Crippen MR) is 81.0 cm³/mol. The first-order chi connectivity index (χ1) is 10.2. The minimum atomic E-state index is 0.922. The van der Waals surface area contributed by atoms with Gasteiger partial charge < -0.3 is 4.98 Å². The van der Waals surface area contributed by atoms with Crippen molar-refractivity contribution in [2.45, 2.75) is 13.8 Å². The third-order valence-corrected chi connectivity index (χ3v) is 2.96. The van der Waals surface area contributed by atoms with Crippen molar-refractivity contribution in [1.29, 1.82) is 0 Å². The Morgan fingerprint density at radius 1 is 1.10 bits per heavy atom. The van der Waals surface area contributed by atoms with Gasteiger partial charge in [-0.05, 0) is 37.4 Å². The van der Waals surface area contributed by atoms with E-state index in [1.807, 2.05) is 54.9 Å². The van der Waals surface area contributed by atoms with Crippen LogP contribution < -0.4 is 0 Å². The summed E-state index contributed by atoms with van der Waals surface area (Å²) in [6.07, 6.45) is 1.79. The first kappa shape index (κ1) is 15.9. The van der Waals surface area contributed by atoms with Crippen molar-refractivity contribution in [2.75, 3.05) is 0 Å². The van der Waals surface area contributed by atoms with E-state index in [-0.39, 0.29) is 0 Å². The Bertz CT molecular complexity index is 711. The van der Waals surface area contributed by atoms with Crippen LogP contribution in [0.1, 0.15) is 11.4 Å². The van der Waals surface area contributed by atoms with E-state index in [1.54, 1.807) is 25.0 Å². The molecule has 0 aliphatic carbocycles. The monoisotopic (exact) mass is 478 g/mol. The normalized spacial score (nSPS) is 9.95. The van der Waals surface area contributed by atoms with Crippen LogP contribution in [0.3, 0.4) is 0 Å². The summed E-state index contributed by atoms with van der Waals surface area (Å²) in [5.41, 5.74) is 4.95. The van der Waals surface area contributed by atoms with Crippen LogP contribution in [0.25, 0.3) is 16.9 Å². The van der Waals surface area contributed by atoms with Gasteiger partial charge in [0.05, 0.1) is 5.69 Å². The second-order valence-electron chi connectivity index (χ2n) is 4.50. The number of aromatic nitrogens is 3. The molecule has 0 saturated heterocycles. The van der Waals surface area contributed by atoms with Crippen LogP contribution >= 0.6 is 9.42 Å². The molecule has 0 N–H and O–H groups in total. The zero-order valence-corrected chi connectivity index (χ0v) is 14.7. The van der Waals surface area contributed by atoms with Crippen LogP contribution in [0, 0.1) is 19.9 Å². The van der Waals surface area contributed by atoms with Crippen LogP contribution in [-0.2, 0) is 18.8 Å². The fourth-order valence-electron chi connectivity index (χ4n) is 2.12. The predicted octanol–water partition coefficient (Wildman–Crippen LogP) is 4.04. The molecule has 0 aliphatic rings. The van der Waals surface area contributed by atoms with Crippen LogP contribution in [0.2, 0.25) is 0 Å². The molecule has 0 saturated carbocycles. The topological polar surface area (TPSA) is 30.7 Å². The number of nitrogens with zero attached hydrogens (tertiary/aromatic N) is 3. The quantitative estimate of drug-likeness (QED) is 0.521. The van der Waals surface area contributed by atoms with Crippen molar-refractivity contribution in [3.63, 3.8) is 0 Å². The van der Waals surface area contributed by atoms with Crippen molar-refractivity contribution in [2.24, 2.45) is 0 Å². The molecule has 0 amide bonds. The SMILES string of the molecule is Cc1cc(C)n(-c2[c-]c(-c3ccccn3)ccc2)n1.[Cl][Pt+]. The van der Waals surface area contributed by atoms with Crippen molar-refractivity contribution >= 4 is 9.42 Å². The van der Waals surface area contributed by atoms with Gasteiger partial charge in [-0.3, -0.25) is 4.68 Å². The van der Waals surface area contributed by atoms with Crippen LogP contribution in [0.5, 0.6) is 0 Å². The summed E-state index contributed by atoms with van der Waals surface area (Å²) in [6.45, 7) is 4.04. The average molecular weight is 479 g/mol. The van der Waals surface area contributed by atoms with Crippen molar-refractivity contribution < 1.29 is 18.8 Å². The minimum absolute atomic E-state index is 0.922. The summed E-state index contributed by atoms with van der Waals surface area (Å²) in [5.74, 6) is 0. The number of benzene rings is 1. The van der Waals surface area contributed by atoms with E-state index in [0.717, 1.165) is 28.3 Å². The van der Waals surface area contributed by atoms with Gasteiger partial charge in [-0.2, -0.15) is 5.10 Å². The molecule has 2 aromatic heterocycles. The molecular weight excluding hydrogens is 465 g/mol. The molecule has 0 fully saturated rings. The third-order valence-electron chi connectivity index (χ3n) is 2.96. The Morgan fingerprint density at radius 3 is 2.52 bits per heavy atom. The number of aryl methyl sites for hydroxylation is 2. The van der Waals surface area contributed by atoms with Crippen molar-refractivity contribution in [3.8, 4) is 16.9 Å². The Morgan fingerprint density at radius 2 is 1.90 bits per heavy atom. The van der Waals surface area contributed by atoms with Gasteiger partial charge >= 0.3 is 28.2 Å². The summed E-state index contributed by atoms with van der Waals surface area (Å²) < 4.78 is 1.90. The zero-order valence-electron chi connectivity index (χ0n) is 11.7. The Labute approximate surface area is 139 Å². The van der Waals surface area contributed by atoms with Gasteiger partial charge in [-0.1, -0.05) is 12.1 Å². The van der Waals surface area contributed by atoms with E-state index in [9.17, 15) is 0 Å². The Hall–Kier alpha value is -1.44. The Kier molecular flexibility index (Phi) is 5.72. The average Bonchev–Trinajstić information content (AvgIpc) is 2.89. The Balaban J connectivity index is 0.000000774. The molecule has 3 nitrogen and oxygen atoms in total. The molecule has 0 spiro atoms. The molecule has 0 unspecified atom stereocenters. The van der Waals surface area contributed by atoms with E-state index < -0.39 is 0 Å². The molecule has 0 aliphatic heterocycles. The van der Waals surface area contributed by atoms with Gasteiger partial charge in [0.2, 0.25) is 0 Å². The van der Waals surface area contributed by atoms with Gasteiger partial charge in [0.15, 0.2) is 0 Å². The molecule has 0 atom stereocenters. The van der Waals surface area contributed by atoms with Gasteiger partial charge in [0, 0.05) is 11.9 Å². The summed E-state index contributed by atoms with van der Waals surface area (Å²) in [5, 5.41) is 4.48. The number of rotatable bonds is 2. The second kappa shape index (κ2) is 7.53. The molecule has 5 heteroatoms. The van der Waals surface area contributed by atoms with E-state index in [0.29, 0.717) is 0 Å². The molecule has 21 heavy (non-hydrogen) atoms. The fourth-order valence-corrected chi connectivity index (χ4v) is 2.12. The summed E-state index contributed by atoms with van der Waals surface area (Å²) in [4.78, 5) is 4.35. The molecule has 1 aromatic carbocycles. The van der Waals surface area contributed by atoms with Gasteiger partial charge in [-0.15, -0.1) is 29.8 Å². The third kappa shape index (κ3) is 3.81. The summed E-state index contributed by atoms with van der Waals surface area (Å²) >= 11 is 1.61. The first-order valence-corrected chi connectivity index (χ1v) is 9.15.